The summed E-state index contributed by atoms with van der Waals surface area (Å²) in [6.07, 6.45) is 42.5. The molecule has 4 rings (SSSR count). The Hall–Kier alpha value is -0.940. The van der Waals surface area contributed by atoms with Crippen LogP contribution in [0, 0.1) is 13.8 Å². The quantitative estimate of drug-likeness (QED) is 0.0433. The molecule has 4 aromatic heterocycles. The largest absolute Gasteiger partial charge is 0.139 e. The molecule has 0 saturated heterocycles. The van der Waals surface area contributed by atoms with E-state index in [9.17, 15) is 0 Å². The van der Waals surface area contributed by atoms with Crippen LogP contribution in [0.1, 0.15) is 215 Å². The highest BCUT2D eigenvalue weighted by Crippen LogP contribution is 2.47. The van der Waals surface area contributed by atoms with E-state index < -0.39 is 0 Å². The summed E-state index contributed by atoms with van der Waals surface area (Å²) in [5, 5.41) is 0. The molecule has 0 nitrogen and oxygen atoms in total. The van der Waals surface area contributed by atoms with E-state index in [1.807, 2.05) is 45.3 Å². The Bertz CT molecular complexity index is 1320. The van der Waals surface area contributed by atoms with Crippen molar-refractivity contribution in [2.75, 3.05) is 0 Å². The van der Waals surface area contributed by atoms with E-state index in [1.54, 1.807) is 20.9 Å². The average Bonchev–Trinajstić information content (AvgIpc) is 3.91. The molecule has 0 amide bonds. The molecule has 0 aromatic carbocycles. The molecule has 4 heteroatoms. The minimum absolute atomic E-state index is 1.24. The van der Waals surface area contributed by atoms with Crippen LogP contribution < -0.4 is 0 Å². The fourth-order valence-corrected chi connectivity index (χ4v) is 12.8. The Morgan fingerprint density at radius 2 is 0.596 bits per heavy atom. The van der Waals surface area contributed by atoms with Crippen LogP contribution in [0.25, 0.3) is 28.9 Å². The summed E-state index contributed by atoms with van der Waals surface area (Å²) in [6.45, 7) is 9.22. The third-order valence-electron chi connectivity index (χ3n) is 11.1. The molecule has 4 heterocycles. The van der Waals surface area contributed by atoms with E-state index in [4.69, 9.17) is 0 Å². The van der Waals surface area contributed by atoms with Gasteiger partial charge in [0.15, 0.2) is 0 Å². The van der Waals surface area contributed by atoms with Gasteiger partial charge < -0.3 is 0 Å². The highest BCUT2D eigenvalue weighted by molar-refractivity contribution is 7.33. The van der Waals surface area contributed by atoms with Crippen molar-refractivity contribution in [2.24, 2.45) is 0 Å². The van der Waals surface area contributed by atoms with Crippen LogP contribution in [-0.2, 0) is 12.8 Å². The van der Waals surface area contributed by atoms with Gasteiger partial charge in [-0.3, -0.25) is 0 Å². The predicted octanol–water partition coefficient (Wildman–Crippen LogP) is 19.1. The summed E-state index contributed by atoms with van der Waals surface area (Å²) in [5.74, 6) is 0. The number of fused-ring (bicyclic) bond motifs is 1. The van der Waals surface area contributed by atoms with Gasteiger partial charge in [0, 0.05) is 38.7 Å². The van der Waals surface area contributed by atoms with Gasteiger partial charge in [0.25, 0.3) is 0 Å². The van der Waals surface area contributed by atoms with E-state index in [1.165, 1.54) is 222 Å². The summed E-state index contributed by atoms with van der Waals surface area (Å²) in [7, 11) is 0. The van der Waals surface area contributed by atoms with Crippen LogP contribution in [0.4, 0.5) is 0 Å². The fourth-order valence-electron chi connectivity index (χ4n) is 8.00. The first kappa shape index (κ1) is 43.8. The van der Waals surface area contributed by atoms with Gasteiger partial charge in [0.2, 0.25) is 0 Å². The first-order valence-corrected chi connectivity index (χ1v) is 25.6. The van der Waals surface area contributed by atoms with Gasteiger partial charge in [-0.15, -0.1) is 45.3 Å². The van der Waals surface area contributed by atoms with Crippen molar-refractivity contribution in [1.82, 2.24) is 0 Å². The number of rotatable bonds is 32. The standard InChI is InChI=1S/C48H76S4/c1-5-7-9-11-13-15-17-19-21-23-25-27-29-31-33-41-35-39(3)49-47(41)45-37-43-44(51-45)38-46(52-43)48-42(36-40(4)50-48)34-32-30-28-26-24-22-20-18-16-14-12-10-8-6-2/h35-38H,5-34H2,1-4H3. The second-order valence-electron chi connectivity index (χ2n) is 16.1. The molecule has 0 spiro atoms. The highest BCUT2D eigenvalue weighted by Gasteiger charge is 2.17. The van der Waals surface area contributed by atoms with Crippen LogP contribution in [0.5, 0.6) is 0 Å². The first-order valence-electron chi connectivity index (χ1n) is 22.3. The molecular weight excluding hydrogens is 705 g/mol. The number of unbranched alkanes of at least 4 members (excludes halogenated alkanes) is 26. The lowest BCUT2D eigenvalue weighted by molar-refractivity contribution is 0.535. The van der Waals surface area contributed by atoms with Gasteiger partial charge in [-0.1, -0.05) is 181 Å². The van der Waals surface area contributed by atoms with Crippen LogP contribution in [0.2, 0.25) is 0 Å². The van der Waals surface area contributed by atoms with Crippen molar-refractivity contribution in [3.8, 4) is 19.5 Å². The lowest BCUT2D eigenvalue weighted by Gasteiger charge is -2.04. The smallest absolute Gasteiger partial charge is 0.0478 e. The molecule has 0 saturated carbocycles. The molecule has 52 heavy (non-hydrogen) atoms. The highest BCUT2D eigenvalue weighted by atomic mass is 32.1. The molecule has 0 atom stereocenters. The molecular formula is C48H76S4. The average molecular weight is 781 g/mol. The third kappa shape index (κ3) is 16.4. The Morgan fingerprint density at radius 1 is 0.327 bits per heavy atom. The maximum absolute atomic E-state index is 2.52. The van der Waals surface area contributed by atoms with Gasteiger partial charge >= 0.3 is 0 Å². The molecule has 0 unspecified atom stereocenters. The van der Waals surface area contributed by atoms with E-state index in [0.717, 1.165) is 0 Å². The van der Waals surface area contributed by atoms with E-state index >= 15 is 0 Å². The normalized spacial score (nSPS) is 11.8. The van der Waals surface area contributed by atoms with Crippen molar-refractivity contribution >= 4 is 54.7 Å². The second-order valence-corrected chi connectivity index (χ2v) is 20.7. The minimum atomic E-state index is 1.24. The molecule has 0 bridgehead atoms. The van der Waals surface area contributed by atoms with Crippen molar-refractivity contribution < 1.29 is 0 Å². The lowest BCUT2D eigenvalue weighted by atomic mass is 10.0. The number of hydrogen-bond donors (Lipinski definition) is 0. The fraction of sp³-hybridized carbons (Fsp3) is 0.708. The van der Waals surface area contributed by atoms with Crippen LogP contribution in [0.3, 0.4) is 0 Å². The van der Waals surface area contributed by atoms with E-state index in [0.29, 0.717) is 0 Å². The van der Waals surface area contributed by atoms with Crippen molar-refractivity contribution in [2.45, 2.75) is 220 Å². The topological polar surface area (TPSA) is 0 Å². The van der Waals surface area contributed by atoms with Gasteiger partial charge in [-0.05, 0) is 74.9 Å². The number of hydrogen-bond acceptors (Lipinski definition) is 4. The molecule has 4 aromatic rings. The van der Waals surface area contributed by atoms with Gasteiger partial charge in [0.1, 0.15) is 0 Å². The Morgan fingerprint density at radius 3 is 0.885 bits per heavy atom. The zero-order chi connectivity index (χ0) is 36.6. The SMILES string of the molecule is CCCCCCCCCCCCCCCCc1cc(C)sc1-c1cc2sc(-c3sc(C)cc3CCCCCCCCCCCCCCCC)cc2s1. The van der Waals surface area contributed by atoms with Gasteiger partial charge in [0.05, 0.1) is 0 Å². The number of aryl methyl sites for hydroxylation is 4. The van der Waals surface area contributed by atoms with E-state index in [2.05, 4.69) is 52.0 Å². The zero-order valence-corrected chi connectivity index (χ0v) is 37.4. The second kappa shape index (κ2) is 26.8. The molecule has 0 aliphatic heterocycles. The van der Waals surface area contributed by atoms with Crippen molar-refractivity contribution in [3.63, 3.8) is 0 Å². The molecule has 0 radical (unpaired) electrons. The molecule has 292 valence electrons. The molecule has 0 aliphatic rings. The van der Waals surface area contributed by atoms with Gasteiger partial charge in [-0.25, -0.2) is 0 Å². The van der Waals surface area contributed by atoms with Crippen LogP contribution in [0.15, 0.2) is 24.3 Å². The zero-order valence-electron chi connectivity index (χ0n) is 34.2. The Balaban J connectivity index is 1.13. The van der Waals surface area contributed by atoms with Gasteiger partial charge in [-0.2, -0.15) is 0 Å². The van der Waals surface area contributed by atoms with Crippen molar-refractivity contribution in [1.29, 1.82) is 0 Å². The van der Waals surface area contributed by atoms with E-state index in [-0.39, 0.29) is 0 Å². The Labute approximate surface area is 337 Å². The van der Waals surface area contributed by atoms with Crippen LogP contribution >= 0.6 is 45.3 Å². The molecule has 0 N–H and O–H groups in total. The summed E-state index contributed by atoms with van der Waals surface area (Å²) in [6, 6.07) is 10.0. The minimum Gasteiger partial charge on any atom is -0.139 e. The summed E-state index contributed by atoms with van der Waals surface area (Å²) >= 11 is 8.10. The van der Waals surface area contributed by atoms with Crippen molar-refractivity contribution in [3.05, 3.63) is 45.1 Å². The maximum Gasteiger partial charge on any atom is 0.0478 e. The maximum atomic E-state index is 2.52. The number of thiophene rings is 4. The monoisotopic (exact) mass is 780 g/mol. The Kier molecular flexibility index (Phi) is 22.6. The predicted molar refractivity (Wildman–Crippen MR) is 244 cm³/mol. The molecule has 0 fully saturated rings. The summed E-state index contributed by atoms with van der Waals surface area (Å²) in [5.41, 5.74) is 3.19. The van der Waals surface area contributed by atoms with Crippen LogP contribution in [-0.4, -0.2) is 0 Å². The summed E-state index contributed by atoms with van der Waals surface area (Å²) in [4.78, 5) is 9.03. The first-order chi connectivity index (χ1) is 25.6. The molecule has 0 aliphatic carbocycles. The summed E-state index contributed by atoms with van der Waals surface area (Å²) < 4.78 is 2.97. The third-order valence-corrected chi connectivity index (χ3v) is 16.0. The lowest BCUT2D eigenvalue weighted by Crippen LogP contribution is -1.87.